The van der Waals surface area contributed by atoms with E-state index >= 15 is 0 Å². The normalized spacial score (nSPS) is 11.7. The molecule has 0 spiro atoms. The van der Waals surface area contributed by atoms with Gasteiger partial charge >= 0.3 is 11.4 Å². The molecule has 2 heterocycles. The van der Waals surface area contributed by atoms with E-state index in [0.29, 0.717) is 11.4 Å². The molecule has 0 unspecified atom stereocenters. The number of para-hydroxylation sites is 2. The van der Waals surface area contributed by atoms with Gasteiger partial charge in [-0.3, -0.25) is 19.1 Å². The molecular formula is C32H26N10O8S2. The Morgan fingerprint density at radius 2 is 0.808 bits per heavy atom. The summed E-state index contributed by atoms with van der Waals surface area (Å²) in [5.41, 5.74) is -0.355. The molecule has 20 heteroatoms. The highest BCUT2D eigenvalue weighted by atomic mass is 32.2. The Kier molecular flexibility index (Phi) is 9.87. The first-order chi connectivity index (χ1) is 24.8. The van der Waals surface area contributed by atoms with E-state index in [9.17, 15) is 35.5 Å². The Labute approximate surface area is 294 Å². The minimum Gasteiger partial charge on any atom is -0.326 e. The van der Waals surface area contributed by atoms with Crippen LogP contribution in [-0.4, -0.2) is 55.8 Å². The third kappa shape index (κ3) is 9.08. The SMILES string of the molecule is O=c1nc(Nc2ccccc2)[nH]c(Nc2ccc(/C=C/c3ccc(Nc4nc(=O)nc(Nc5ccccc5)[nH]4)cc3S(=O)(=O)O)c(S(=O)(=O)O)c2)n1. The summed E-state index contributed by atoms with van der Waals surface area (Å²) < 4.78 is 69.6. The summed E-state index contributed by atoms with van der Waals surface area (Å²) >= 11 is 0. The van der Waals surface area contributed by atoms with Gasteiger partial charge in [-0.15, -0.1) is 0 Å². The van der Waals surface area contributed by atoms with Crippen molar-refractivity contribution in [1.29, 1.82) is 0 Å². The Hall–Kier alpha value is -6.74. The van der Waals surface area contributed by atoms with Gasteiger partial charge in [0, 0.05) is 22.7 Å². The lowest BCUT2D eigenvalue weighted by atomic mass is 10.1. The van der Waals surface area contributed by atoms with Crippen LogP contribution in [0.5, 0.6) is 0 Å². The van der Waals surface area contributed by atoms with Crippen molar-refractivity contribution in [3.05, 3.63) is 129 Å². The molecule has 0 aliphatic rings. The molecule has 0 fully saturated rings. The maximum Gasteiger partial charge on any atom is 0.373 e. The fourth-order valence-electron chi connectivity index (χ4n) is 4.72. The predicted molar refractivity (Wildman–Crippen MR) is 193 cm³/mol. The standard InChI is InChI=1S/C32H26N10O8S2/c43-31-39-27(33-21-7-3-1-4-8-21)37-29(41-31)35-23-15-13-19(25(17-23)51(45,46)47)11-12-20-14-16-24(18-26(20)52(48,49)50)36-30-38-28(40-32(44)42-30)34-22-9-5-2-6-10-22/h1-18H,(H,45,46,47)(H,48,49,50)(H3,33,35,37,39,41,43)(H3,34,36,38,40,42,44)/b12-11+. The van der Waals surface area contributed by atoms with Crippen LogP contribution in [0.4, 0.5) is 46.5 Å². The molecule has 264 valence electrons. The zero-order chi connectivity index (χ0) is 36.9. The van der Waals surface area contributed by atoms with Crippen molar-refractivity contribution in [2.45, 2.75) is 9.79 Å². The van der Waals surface area contributed by atoms with Crippen molar-refractivity contribution in [3.8, 4) is 0 Å². The van der Waals surface area contributed by atoms with Gasteiger partial charge in [0.1, 0.15) is 9.79 Å². The van der Waals surface area contributed by atoms with E-state index in [0.717, 1.165) is 12.1 Å². The van der Waals surface area contributed by atoms with Crippen LogP contribution >= 0.6 is 0 Å². The molecule has 52 heavy (non-hydrogen) atoms. The number of hydrogen-bond donors (Lipinski definition) is 8. The quantitative estimate of drug-likeness (QED) is 0.0642. The molecule has 18 nitrogen and oxygen atoms in total. The van der Waals surface area contributed by atoms with Crippen molar-refractivity contribution in [1.82, 2.24) is 29.9 Å². The summed E-state index contributed by atoms with van der Waals surface area (Å²) in [4.78, 5) is 43.7. The maximum absolute atomic E-state index is 12.4. The van der Waals surface area contributed by atoms with Crippen LogP contribution in [0.3, 0.4) is 0 Å². The fraction of sp³-hybridized carbons (Fsp3) is 0. The summed E-state index contributed by atoms with van der Waals surface area (Å²) in [5.74, 6) is -0.0861. The monoisotopic (exact) mass is 742 g/mol. The molecule has 0 saturated heterocycles. The van der Waals surface area contributed by atoms with E-state index in [1.54, 1.807) is 48.5 Å². The van der Waals surface area contributed by atoms with Gasteiger partial charge in [-0.2, -0.15) is 36.8 Å². The third-order valence-corrected chi connectivity index (χ3v) is 8.75. The molecule has 6 aromatic rings. The second-order valence-electron chi connectivity index (χ2n) is 10.7. The number of nitrogens with one attached hydrogen (secondary N) is 6. The minimum atomic E-state index is -4.85. The Bertz CT molecular complexity index is 2450. The topological polar surface area (TPSA) is 274 Å². The first kappa shape index (κ1) is 35.1. The van der Waals surface area contributed by atoms with E-state index in [-0.39, 0.29) is 46.3 Å². The number of nitrogens with zero attached hydrogens (tertiary/aromatic N) is 4. The molecule has 0 radical (unpaired) electrons. The van der Waals surface area contributed by atoms with E-state index in [2.05, 4.69) is 51.2 Å². The highest BCUT2D eigenvalue weighted by molar-refractivity contribution is 7.86. The zero-order valence-corrected chi connectivity index (χ0v) is 28.0. The first-order valence-corrected chi connectivity index (χ1v) is 17.7. The number of aromatic nitrogens is 6. The van der Waals surface area contributed by atoms with Gasteiger partial charge in [-0.05, 0) is 59.7 Å². The number of H-pyrrole nitrogens is 2. The minimum absolute atomic E-state index is 0.0502. The van der Waals surface area contributed by atoms with Gasteiger partial charge < -0.3 is 21.3 Å². The van der Waals surface area contributed by atoms with Crippen LogP contribution in [-0.2, 0) is 20.2 Å². The number of aromatic amines is 2. The van der Waals surface area contributed by atoms with Crippen LogP contribution in [0.25, 0.3) is 12.2 Å². The maximum atomic E-state index is 12.4. The molecular weight excluding hydrogens is 717 g/mol. The van der Waals surface area contributed by atoms with Gasteiger partial charge in [0.25, 0.3) is 20.2 Å². The van der Waals surface area contributed by atoms with E-state index in [4.69, 9.17) is 0 Å². The smallest absolute Gasteiger partial charge is 0.326 e. The molecule has 0 aliphatic heterocycles. The second-order valence-corrected chi connectivity index (χ2v) is 13.5. The van der Waals surface area contributed by atoms with Gasteiger partial charge in [0.15, 0.2) is 0 Å². The summed E-state index contributed by atoms with van der Waals surface area (Å²) in [7, 11) is -9.70. The number of hydrogen-bond acceptors (Lipinski definition) is 14. The second kappa shape index (κ2) is 14.6. The van der Waals surface area contributed by atoms with E-state index in [1.165, 1.54) is 36.4 Å². The zero-order valence-electron chi connectivity index (χ0n) is 26.3. The predicted octanol–water partition coefficient (Wildman–Crippen LogP) is 4.28. The van der Waals surface area contributed by atoms with Crippen molar-refractivity contribution in [2.75, 3.05) is 21.3 Å². The van der Waals surface area contributed by atoms with Crippen molar-refractivity contribution in [3.63, 3.8) is 0 Å². The average molecular weight is 743 g/mol. The van der Waals surface area contributed by atoms with E-state index < -0.39 is 41.4 Å². The van der Waals surface area contributed by atoms with Crippen molar-refractivity contribution >= 4 is 78.9 Å². The first-order valence-electron chi connectivity index (χ1n) is 14.8. The summed E-state index contributed by atoms with van der Waals surface area (Å²) in [6, 6.07) is 25.3. The van der Waals surface area contributed by atoms with Gasteiger partial charge in [-0.25, -0.2) is 9.59 Å². The van der Waals surface area contributed by atoms with Crippen LogP contribution in [0.1, 0.15) is 11.1 Å². The lowest BCUT2D eigenvalue weighted by Gasteiger charge is -2.11. The summed E-state index contributed by atoms with van der Waals surface area (Å²) in [6.07, 6.45) is 2.42. The highest BCUT2D eigenvalue weighted by Crippen LogP contribution is 2.28. The lowest BCUT2D eigenvalue weighted by Crippen LogP contribution is -2.16. The summed E-state index contributed by atoms with van der Waals surface area (Å²) in [6.45, 7) is 0. The number of benzene rings is 4. The summed E-state index contributed by atoms with van der Waals surface area (Å²) in [5, 5.41) is 11.3. The van der Waals surface area contributed by atoms with Gasteiger partial charge in [0.05, 0.1) is 0 Å². The molecule has 0 amide bonds. The fourth-order valence-corrected chi connectivity index (χ4v) is 6.14. The van der Waals surface area contributed by atoms with Gasteiger partial charge in [-0.1, -0.05) is 60.7 Å². The molecule has 2 aromatic heterocycles. The largest absolute Gasteiger partial charge is 0.373 e. The van der Waals surface area contributed by atoms with Crippen LogP contribution in [0.15, 0.2) is 116 Å². The van der Waals surface area contributed by atoms with E-state index in [1.807, 2.05) is 12.1 Å². The molecule has 0 atom stereocenters. The van der Waals surface area contributed by atoms with Gasteiger partial charge in [0.2, 0.25) is 23.8 Å². The number of rotatable bonds is 12. The molecule has 0 saturated carbocycles. The average Bonchev–Trinajstić information content (AvgIpc) is 3.07. The molecule has 4 aromatic carbocycles. The third-order valence-electron chi connectivity index (χ3n) is 6.93. The number of anilines is 8. The Morgan fingerprint density at radius 3 is 1.13 bits per heavy atom. The molecule has 0 bridgehead atoms. The van der Waals surface area contributed by atoms with Crippen LogP contribution in [0.2, 0.25) is 0 Å². The Balaban J connectivity index is 1.25. The molecule has 0 aliphatic carbocycles. The van der Waals surface area contributed by atoms with Crippen LogP contribution in [0, 0.1) is 0 Å². The highest BCUT2D eigenvalue weighted by Gasteiger charge is 2.18. The molecule has 8 N–H and O–H groups in total. The Morgan fingerprint density at radius 1 is 0.481 bits per heavy atom. The lowest BCUT2D eigenvalue weighted by molar-refractivity contribution is 0.480. The molecule has 6 rings (SSSR count). The van der Waals surface area contributed by atoms with Crippen LogP contribution < -0.4 is 32.6 Å². The van der Waals surface area contributed by atoms with Crippen molar-refractivity contribution < 1.29 is 25.9 Å². The van der Waals surface area contributed by atoms with Crippen molar-refractivity contribution in [2.24, 2.45) is 0 Å².